The van der Waals surface area contributed by atoms with Gasteiger partial charge in [0.05, 0.1) is 12.6 Å². The Morgan fingerprint density at radius 3 is 2.60 bits per heavy atom. The first-order chi connectivity index (χ1) is 7.13. The van der Waals surface area contributed by atoms with Crippen LogP contribution in [0.4, 0.5) is 4.79 Å². The van der Waals surface area contributed by atoms with Crippen molar-refractivity contribution in [2.24, 2.45) is 5.92 Å². The molecule has 2 rings (SSSR count). The van der Waals surface area contributed by atoms with Crippen LogP contribution in [0.25, 0.3) is 0 Å². The molecule has 0 N–H and O–H groups in total. The summed E-state index contributed by atoms with van der Waals surface area (Å²) in [5, 5.41) is 8.78. The lowest BCUT2D eigenvalue weighted by Gasteiger charge is -2.23. The third-order valence-electron chi connectivity index (χ3n) is 3.49. The van der Waals surface area contributed by atoms with Crippen LogP contribution < -0.4 is 0 Å². The van der Waals surface area contributed by atoms with Gasteiger partial charge in [0.15, 0.2) is 6.19 Å². The van der Waals surface area contributed by atoms with Gasteiger partial charge in [-0.1, -0.05) is 0 Å². The molecule has 0 bridgehead atoms. The van der Waals surface area contributed by atoms with Gasteiger partial charge in [-0.2, -0.15) is 5.26 Å². The zero-order valence-electron chi connectivity index (χ0n) is 9.18. The van der Waals surface area contributed by atoms with Gasteiger partial charge in [-0.25, -0.2) is 9.69 Å². The molecular weight excluding hydrogens is 192 g/mol. The van der Waals surface area contributed by atoms with Crippen molar-refractivity contribution < 1.29 is 4.79 Å². The van der Waals surface area contributed by atoms with E-state index in [1.807, 2.05) is 6.19 Å². The van der Waals surface area contributed by atoms with Gasteiger partial charge in [0.25, 0.3) is 0 Å². The van der Waals surface area contributed by atoms with Gasteiger partial charge in [0, 0.05) is 13.6 Å². The second-order valence-electron chi connectivity index (χ2n) is 4.48. The highest BCUT2D eigenvalue weighted by Crippen LogP contribution is 2.26. The standard InChI is InChI=1S/C10H16N4O/c1-12-4-3-8(5-12)9-6-14(7-11)10(15)13(9)2/h8-9H,3-6H2,1-2H3. The van der Waals surface area contributed by atoms with Crippen LogP contribution in [0.5, 0.6) is 0 Å². The summed E-state index contributed by atoms with van der Waals surface area (Å²) in [4.78, 5) is 16.8. The SMILES string of the molecule is CN1CCC(C2CN(C#N)C(=O)N2C)C1. The summed E-state index contributed by atoms with van der Waals surface area (Å²) < 4.78 is 0. The summed E-state index contributed by atoms with van der Waals surface area (Å²) in [5.74, 6) is 0.516. The lowest BCUT2D eigenvalue weighted by atomic mass is 9.99. The van der Waals surface area contributed by atoms with Crippen LogP contribution in [-0.4, -0.2) is 60.5 Å². The Bertz CT molecular complexity index is 311. The molecule has 2 atom stereocenters. The molecule has 2 saturated heterocycles. The van der Waals surface area contributed by atoms with E-state index in [2.05, 4.69) is 11.9 Å². The van der Waals surface area contributed by atoms with Gasteiger partial charge in [-0.05, 0) is 25.9 Å². The Kier molecular flexibility index (Phi) is 2.53. The molecule has 0 saturated carbocycles. The molecule has 82 valence electrons. The van der Waals surface area contributed by atoms with E-state index >= 15 is 0 Å². The molecule has 2 unspecified atom stereocenters. The first kappa shape index (κ1) is 10.2. The molecule has 2 aliphatic rings. The predicted molar refractivity (Wildman–Crippen MR) is 54.9 cm³/mol. The zero-order chi connectivity index (χ0) is 11.0. The number of rotatable bonds is 1. The van der Waals surface area contributed by atoms with E-state index in [0.29, 0.717) is 12.5 Å². The van der Waals surface area contributed by atoms with Crippen molar-refractivity contribution in [3.63, 3.8) is 0 Å². The molecule has 2 aliphatic heterocycles. The first-order valence-electron chi connectivity index (χ1n) is 5.26. The molecule has 2 amide bonds. The summed E-state index contributed by atoms with van der Waals surface area (Å²) in [6.45, 7) is 2.68. The maximum atomic E-state index is 11.6. The van der Waals surface area contributed by atoms with Gasteiger partial charge >= 0.3 is 6.03 Å². The molecule has 0 aromatic rings. The van der Waals surface area contributed by atoms with E-state index in [0.717, 1.165) is 19.5 Å². The van der Waals surface area contributed by atoms with E-state index in [4.69, 9.17) is 5.26 Å². The monoisotopic (exact) mass is 208 g/mol. The minimum absolute atomic E-state index is 0.156. The van der Waals surface area contributed by atoms with Crippen molar-refractivity contribution in [1.82, 2.24) is 14.7 Å². The number of likely N-dealkylation sites (tertiary alicyclic amines) is 1. The second kappa shape index (κ2) is 3.70. The average molecular weight is 208 g/mol. The van der Waals surface area contributed by atoms with Crippen LogP contribution in [-0.2, 0) is 0 Å². The molecule has 0 aromatic carbocycles. The summed E-state index contributed by atoms with van der Waals surface area (Å²) >= 11 is 0. The average Bonchev–Trinajstić information content (AvgIpc) is 2.74. The third-order valence-corrected chi connectivity index (χ3v) is 3.49. The molecule has 0 radical (unpaired) electrons. The van der Waals surface area contributed by atoms with Crippen molar-refractivity contribution in [2.75, 3.05) is 33.7 Å². The first-order valence-corrected chi connectivity index (χ1v) is 5.26. The highest BCUT2D eigenvalue weighted by Gasteiger charge is 2.41. The topological polar surface area (TPSA) is 50.6 Å². The van der Waals surface area contributed by atoms with E-state index in [1.54, 1.807) is 11.9 Å². The quantitative estimate of drug-likeness (QED) is 0.577. The number of hydrogen-bond acceptors (Lipinski definition) is 3. The summed E-state index contributed by atoms with van der Waals surface area (Å²) in [7, 11) is 3.89. The van der Waals surface area contributed by atoms with Gasteiger partial charge in [-0.15, -0.1) is 0 Å². The number of urea groups is 1. The molecule has 0 spiro atoms. The molecule has 15 heavy (non-hydrogen) atoms. The number of hydrogen-bond donors (Lipinski definition) is 0. The zero-order valence-corrected chi connectivity index (χ0v) is 9.18. The third kappa shape index (κ3) is 1.65. The van der Waals surface area contributed by atoms with Crippen molar-refractivity contribution in [3.05, 3.63) is 0 Å². The maximum absolute atomic E-state index is 11.6. The number of nitrogens with zero attached hydrogens (tertiary/aromatic N) is 4. The second-order valence-corrected chi connectivity index (χ2v) is 4.48. The Balaban J connectivity index is 2.06. The maximum Gasteiger partial charge on any atom is 0.333 e. The summed E-state index contributed by atoms with van der Waals surface area (Å²) in [6.07, 6.45) is 3.06. The Labute approximate surface area is 89.8 Å². The Morgan fingerprint density at radius 2 is 2.13 bits per heavy atom. The molecule has 0 aromatic heterocycles. The van der Waals surface area contributed by atoms with Gasteiger partial charge in [0.1, 0.15) is 0 Å². The number of nitriles is 1. The molecular formula is C10H16N4O. The predicted octanol–water partition coefficient (Wildman–Crippen LogP) is 0.155. The van der Waals surface area contributed by atoms with Gasteiger partial charge < -0.3 is 9.80 Å². The summed E-state index contributed by atoms with van der Waals surface area (Å²) in [6, 6.07) is 0.0548. The van der Waals surface area contributed by atoms with Crippen LogP contribution in [0.3, 0.4) is 0 Å². The molecule has 2 heterocycles. The fourth-order valence-corrected chi connectivity index (χ4v) is 2.55. The van der Waals surface area contributed by atoms with E-state index in [9.17, 15) is 4.79 Å². The minimum Gasteiger partial charge on any atom is -0.322 e. The lowest BCUT2D eigenvalue weighted by Crippen LogP contribution is -2.37. The Hall–Kier alpha value is -1.28. The minimum atomic E-state index is -0.156. The molecule has 2 fully saturated rings. The highest BCUT2D eigenvalue weighted by molar-refractivity contribution is 5.78. The number of amides is 2. The summed E-state index contributed by atoms with van der Waals surface area (Å²) in [5.41, 5.74) is 0. The smallest absolute Gasteiger partial charge is 0.322 e. The van der Waals surface area contributed by atoms with Crippen LogP contribution in [0.2, 0.25) is 0 Å². The number of likely N-dealkylation sites (N-methyl/N-ethyl adjacent to an activating group) is 1. The largest absolute Gasteiger partial charge is 0.333 e. The van der Waals surface area contributed by atoms with E-state index in [1.165, 1.54) is 4.90 Å². The fourth-order valence-electron chi connectivity index (χ4n) is 2.55. The van der Waals surface area contributed by atoms with Gasteiger partial charge in [0.2, 0.25) is 0 Å². The van der Waals surface area contributed by atoms with Crippen LogP contribution in [0, 0.1) is 17.4 Å². The van der Waals surface area contributed by atoms with Crippen molar-refractivity contribution in [2.45, 2.75) is 12.5 Å². The fraction of sp³-hybridized carbons (Fsp3) is 0.800. The number of carbonyl (C=O) groups is 1. The molecule has 0 aliphatic carbocycles. The highest BCUT2D eigenvalue weighted by atomic mass is 16.2. The Morgan fingerprint density at radius 1 is 1.40 bits per heavy atom. The van der Waals surface area contributed by atoms with Crippen LogP contribution in [0.1, 0.15) is 6.42 Å². The van der Waals surface area contributed by atoms with E-state index in [-0.39, 0.29) is 12.1 Å². The number of carbonyl (C=O) groups excluding carboxylic acids is 1. The van der Waals surface area contributed by atoms with E-state index < -0.39 is 0 Å². The van der Waals surface area contributed by atoms with Crippen LogP contribution >= 0.6 is 0 Å². The van der Waals surface area contributed by atoms with Crippen molar-refractivity contribution in [3.8, 4) is 6.19 Å². The lowest BCUT2D eigenvalue weighted by molar-refractivity contribution is 0.195. The van der Waals surface area contributed by atoms with Crippen LogP contribution in [0.15, 0.2) is 0 Å². The molecule has 5 nitrogen and oxygen atoms in total. The van der Waals surface area contributed by atoms with Crippen molar-refractivity contribution in [1.29, 1.82) is 5.26 Å². The van der Waals surface area contributed by atoms with Gasteiger partial charge in [-0.3, -0.25) is 0 Å². The molecule has 5 heteroatoms. The normalized spacial score (nSPS) is 32.5. The van der Waals surface area contributed by atoms with Crippen molar-refractivity contribution >= 4 is 6.03 Å².